The molecule has 142 valence electrons. The molecule has 7 heteroatoms. The monoisotopic (exact) mass is 393 g/mol. The van der Waals surface area contributed by atoms with Gasteiger partial charge in [0.25, 0.3) is 0 Å². The third-order valence-corrected chi connectivity index (χ3v) is 5.50. The maximum atomic E-state index is 12.4. The van der Waals surface area contributed by atoms with E-state index < -0.39 is 5.76 Å². The summed E-state index contributed by atoms with van der Waals surface area (Å²) in [5.41, 5.74) is 6.51. The third-order valence-electron chi connectivity index (χ3n) is 4.74. The molecule has 0 radical (unpaired) electrons. The average Bonchev–Trinajstić information content (AvgIpc) is 3.23. The van der Waals surface area contributed by atoms with E-state index in [1.54, 1.807) is 24.3 Å². The largest absolute Gasteiger partial charge is 0.420 e. The number of amides is 1. The molecule has 0 atom stereocenters. The van der Waals surface area contributed by atoms with Crippen LogP contribution in [0.4, 0.5) is 5.13 Å². The molecule has 1 N–H and O–H groups in total. The summed E-state index contributed by atoms with van der Waals surface area (Å²) in [5, 5.41) is 5.20. The van der Waals surface area contributed by atoms with Crippen LogP contribution in [0.3, 0.4) is 0 Å². The second-order valence-electron chi connectivity index (χ2n) is 6.76. The van der Waals surface area contributed by atoms with Crippen LogP contribution in [0, 0.1) is 20.8 Å². The standard InChI is InChI=1S/C21H19N3O3S/c1-12-8-14(3)15(9-13(12)2)16-11-28-20(22-16)23-19(25)10-24-17-6-4-5-7-18(17)27-21(24)26/h4-9,11H,10H2,1-3H3,(H,22,23,25). The molecule has 0 aliphatic rings. The SMILES string of the molecule is Cc1cc(C)c(-c2csc(NC(=O)Cn3c(=O)oc4ccccc43)n2)cc1C. The van der Waals surface area contributed by atoms with Crippen molar-refractivity contribution < 1.29 is 9.21 Å². The number of carbonyl (C=O) groups excluding carboxylic acids is 1. The van der Waals surface area contributed by atoms with Crippen molar-refractivity contribution in [2.45, 2.75) is 27.3 Å². The minimum absolute atomic E-state index is 0.132. The summed E-state index contributed by atoms with van der Waals surface area (Å²) < 4.78 is 6.47. The van der Waals surface area contributed by atoms with Crippen LogP contribution in [0.1, 0.15) is 16.7 Å². The van der Waals surface area contributed by atoms with Crippen LogP contribution >= 0.6 is 11.3 Å². The average molecular weight is 393 g/mol. The van der Waals surface area contributed by atoms with Crippen LogP contribution in [-0.2, 0) is 11.3 Å². The molecule has 2 aromatic carbocycles. The van der Waals surface area contributed by atoms with Crippen LogP contribution in [0.15, 0.2) is 51.0 Å². The van der Waals surface area contributed by atoms with E-state index in [4.69, 9.17) is 4.42 Å². The highest BCUT2D eigenvalue weighted by molar-refractivity contribution is 7.14. The molecule has 4 aromatic rings. The maximum Gasteiger partial charge on any atom is 0.420 e. The highest BCUT2D eigenvalue weighted by Crippen LogP contribution is 2.29. The van der Waals surface area contributed by atoms with Gasteiger partial charge in [-0.2, -0.15) is 0 Å². The first-order valence-electron chi connectivity index (χ1n) is 8.84. The number of aromatic nitrogens is 2. The van der Waals surface area contributed by atoms with Gasteiger partial charge in [-0.05, 0) is 55.7 Å². The molecule has 0 aliphatic heterocycles. The predicted molar refractivity (Wildman–Crippen MR) is 111 cm³/mol. The number of anilines is 1. The van der Waals surface area contributed by atoms with Gasteiger partial charge in [0.05, 0.1) is 11.2 Å². The fourth-order valence-corrected chi connectivity index (χ4v) is 3.88. The van der Waals surface area contributed by atoms with Gasteiger partial charge >= 0.3 is 5.76 Å². The summed E-state index contributed by atoms with van der Waals surface area (Å²) in [4.78, 5) is 29.0. The molecule has 2 aromatic heterocycles. The van der Waals surface area contributed by atoms with Crippen LogP contribution in [0.5, 0.6) is 0 Å². The molecule has 0 saturated heterocycles. The Hall–Kier alpha value is -3.19. The van der Waals surface area contributed by atoms with Crippen molar-refractivity contribution in [3.05, 3.63) is 69.0 Å². The first kappa shape index (κ1) is 18.2. The second-order valence-corrected chi connectivity index (χ2v) is 7.62. The Morgan fingerprint density at radius 1 is 1.14 bits per heavy atom. The Balaban J connectivity index is 1.54. The molecule has 6 nitrogen and oxygen atoms in total. The normalized spacial score (nSPS) is 11.1. The van der Waals surface area contributed by atoms with Crippen molar-refractivity contribution in [1.29, 1.82) is 0 Å². The summed E-state index contributed by atoms with van der Waals surface area (Å²) >= 11 is 1.36. The van der Waals surface area contributed by atoms with Gasteiger partial charge in [0.15, 0.2) is 10.7 Å². The molecule has 0 bridgehead atoms. The summed E-state index contributed by atoms with van der Waals surface area (Å²) in [6.07, 6.45) is 0. The summed E-state index contributed by atoms with van der Waals surface area (Å²) in [6, 6.07) is 11.3. The lowest BCUT2D eigenvalue weighted by atomic mass is 9.99. The van der Waals surface area contributed by atoms with Crippen LogP contribution in [0.2, 0.25) is 0 Å². The molecule has 0 unspecified atom stereocenters. The van der Waals surface area contributed by atoms with Crippen LogP contribution in [0.25, 0.3) is 22.4 Å². The zero-order chi connectivity index (χ0) is 19.8. The minimum atomic E-state index is -0.554. The number of nitrogens with one attached hydrogen (secondary N) is 1. The number of thiazole rings is 1. The Labute approximate surface area is 165 Å². The lowest BCUT2D eigenvalue weighted by Crippen LogP contribution is -2.24. The Kier molecular flexibility index (Phi) is 4.60. The second kappa shape index (κ2) is 7.09. The molecule has 0 saturated carbocycles. The number of nitrogens with zero attached hydrogens (tertiary/aromatic N) is 2. The van der Waals surface area contributed by atoms with Gasteiger partial charge in [0.1, 0.15) is 6.54 Å². The third kappa shape index (κ3) is 3.36. The van der Waals surface area contributed by atoms with Crippen molar-refractivity contribution in [2.24, 2.45) is 0 Å². The van der Waals surface area contributed by atoms with Crippen LogP contribution < -0.4 is 11.1 Å². The number of benzene rings is 2. The summed E-state index contributed by atoms with van der Waals surface area (Å²) in [7, 11) is 0. The molecule has 0 fully saturated rings. The van der Waals surface area contributed by atoms with E-state index in [1.165, 1.54) is 27.0 Å². The van der Waals surface area contributed by atoms with Crippen molar-refractivity contribution in [1.82, 2.24) is 9.55 Å². The van der Waals surface area contributed by atoms with E-state index in [2.05, 4.69) is 43.2 Å². The van der Waals surface area contributed by atoms with E-state index in [-0.39, 0.29) is 12.5 Å². The van der Waals surface area contributed by atoms with Gasteiger partial charge < -0.3 is 9.73 Å². The number of hydrogen-bond acceptors (Lipinski definition) is 5. The van der Waals surface area contributed by atoms with E-state index in [0.717, 1.165) is 16.8 Å². The number of oxazole rings is 1. The number of fused-ring (bicyclic) bond motifs is 1. The highest BCUT2D eigenvalue weighted by Gasteiger charge is 2.14. The lowest BCUT2D eigenvalue weighted by Gasteiger charge is -2.07. The molecule has 4 rings (SSSR count). The minimum Gasteiger partial charge on any atom is -0.408 e. The van der Waals surface area contributed by atoms with Gasteiger partial charge in [-0.1, -0.05) is 18.2 Å². The van der Waals surface area contributed by atoms with Gasteiger partial charge in [0.2, 0.25) is 5.91 Å². The topological polar surface area (TPSA) is 77.1 Å². The molecular formula is C21H19N3O3S. The smallest absolute Gasteiger partial charge is 0.408 e. The number of hydrogen-bond donors (Lipinski definition) is 1. The quantitative estimate of drug-likeness (QED) is 0.561. The van der Waals surface area contributed by atoms with E-state index >= 15 is 0 Å². The number of carbonyl (C=O) groups is 1. The first-order chi connectivity index (χ1) is 13.4. The van der Waals surface area contributed by atoms with E-state index in [0.29, 0.717) is 16.2 Å². The van der Waals surface area contributed by atoms with E-state index in [9.17, 15) is 9.59 Å². The van der Waals surface area contributed by atoms with Crippen molar-refractivity contribution in [2.75, 3.05) is 5.32 Å². The van der Waals surface area contributed by atoms with Crippen LogP contribution in [-0.4, -0.2) is 15.5 Å². The van der Waals surface area contributed by atoms with Gasteiger partial charge in [-0.15, -0.1) is 11.3 Å². The Morgan fingerprint density at radius 2 is 1.89 bits per heavy atom. The van der Waals surface area contributed by atoms with Gasteiger partial charge in [-0.3, -0.25) is 9.36 Å². The zero-order valence-corrected chi connectivity index (χ0v) is 16.6. The maximum absolute atomic E-state index is 12.4. The van der Waals surface area contributed by atoms with Gasteiger partial charge in [0, 0.05) is 10.9 Å². The first-order valence-corrected chi connectivity index (χ1v) is 9.72. The molecule has 1 amide bonds. The summed E-state index contributed by atoms with van der Waals surface area (Å²) in [5.74, 6) is -0.881. The molecule has 2 heterocycles. The van der Waals surface area contributed by atoms with Gasteiger partial charge in [-0.25, -0.2) is 9.78 Å². The molecule has 0 spiro atoms. The Bertz CT molecular complexity index is 1250. The zero-order valence-electron chi connectivity index (χ0n) is 15.8. The van der Waals surface area contributed by atoms with Crippen molar-refractivity contribution in [3.63, 3.8) is 0 Å². The molecule has 0 aliphatic carbocycles. The van der Waals surface area contributed by atoms with Crippen molar-refractivity contribution in [3.8, 4) is 11.3 Å². The number of para-hydroxylation sites is 2. The van der Waals surface area contributed by atoms with Crippen molar-refractivity contribution >= 4 is 33.5 Å². The fraction of sp³-hybridized carbons (Fsp3) is 0.190. The van der Waals surface area contributed by atoms with E-state index in [1.807, 2.05) is 5.38 Å². The number of rotatable bonds is 4. The Morgan fingerprint density at radius 3 is 2.71 bits per heavy atom. The highest BCUT2D eigenvalue weighted by atomic mass is 32.1. The number of aryl methyl sites for hydroxylation is 3. The lowest BCUT2D eigenvalue weighted by molar-refractivity contribution is -0.116. The predicted octanol–water partition coefficient (Wildman–Crippen LogP) is 4.28. The fourth-order valence-electron chi connectivity index (χ4n) is 3.16. The molecule has 28 heavy (non-hydrogen) atoms. The molecular weight excluding hydrogens is 374 g/mol. The summed E-state index contributed by atoms with van der Waals surface area (Å²) in [6.45, 7) is 6.07.